The molecule has 0 saturated carbocycles. The number of ether oxygens (including phenoxy) is 1. The first kappa shape index (κ1) is 22.4. The van der Waals surface area contributed by atoms with Crippen LogP contribution in [0.15, 0.2) is 35.3 Å². The molecule has 2 aliphatic rings. The number of nitrogens with zero attached hydrogens (tertiary/aromatic N) is 2. The molecule has 2 unspecified atom stereocenters. The van der Waals surface area contributed by atoms with E-state index in [1.165, 1.54) is 5.56 Å². The van der Waals surface area contributed by atoms with Crippen molar-refractivity contribution in [1.82, 2.24) is 10.2 Å². The Balaban J connectivity index is 0.00000261. The van der Waals surface area contributed by atoms with Crippen molar-refractivity contribution < 1.29 is 9.84 Å². The van der Waals surface area contributed by atoms with E-state index >= 15 is 0 Å². The van der Waals surface area contributed by atoms with Gasteiger partial charge in [0.2, 0.25) is 0 Å². The van der Waals surface area contributed by atoms with Crippen LogP contribution in [0.5, 0.6) is 0 Å². The molecule has 2 heterocycles. The summed E-state index contributed by atoms with van der Waals surface area (Å²) in [5.41, 5.74) is 0.727. The first-order valence-electron chi connectivity index (χ1n) is 9.99. The maximum absolute atomic E-state index is 10.7. The fourth-order valence-corrected chi connectivity index (χ4v) is 4.09. The average molecular weight is 487 g/mol. The summed E-state index contributed by atoms with van der Waals surface area (Å²) in [5.74, 6) is 2.11. The van der Waals surface area contributed by atoms with Gasteiger partial charge in [0.15, 0.2) is 5.96 Å². The van der Waals surface area contributed by atoms with Crippen LogP contribution in [0.3, 0.4) is 0 Å². The molecule has 5 nitrogen and oxygen atoms in total. The highest BCUT2D eigenvalue weighted by Gasteiger charge is 2.31. The molecule has 2 saturated heterocycles. The summed E-state index contributed by atoms with van der Waals surface area (Å²) < 4.78 is 5.37. The van der Waals surface area contributed by atoms with Crippen molar-refractivity contribution in [2.45, 2.75) is 44.6 Å². The second-order valence-corrected chi connectivity index (χ2v) is 7.74. The lowest BCUT2D eigenvalue weighted by atomic mass is 9.82. The van der Waals surface area contributed by atoms with E-state index in [9.17, 15) is 5.11 Å². The molecule has 0 bridgehead atoms. The molecule has 27 heavy (non-hydrogen) atoms. The smallest absolute Gasteiger partial charge is 0.194 e. The molecule has 1 aromatic rings. The molecule has 2 N–H and O–H groups in total. The minimum atomic E-state index is -0.715. The third-order valence-electron chi connectivity index (χ3n) is 5.71. The Kier molecular flexibility index (Phi) is 8.82. The topological polar surface area (TPSA) is 57.1 Å². The van der Waals surface area contributed by atoms with Gasteiger partial charge in [0, 0.05) is 45.7 Å². The summed E-state index contributed by atoms with van der Waals surface area (Å²) >= 11 is 0. The molecule has 0 aliphatic carbocycles. The highest BCUT2D eigenvalue weighted by molar-refractivity contribution is 14.0. The zero-order valence-electron chi connectivity index (χ0n) is 16.6. The summed E-state index contributed by atoms with van der Waals surface area (Å²) in [6.45, 7) is 8.96. The molecule has 2 fully saturated rings. The molecule has 1 aromatic carbocycles. The molecule has 0 amide bonds. The molecule has 0 radical (unpaired) electrons. The number of rotatable bonds is 4. The number of hydrogen-bond donors (Lipinski definition) is 2. The van der Waals surface area contributed by atoms with Crippen molar-refractivity contribution in [3.8, 4) is 0 Å². The maximum Gasteiger partial charge on any atom is 0.194 e. The Hall–Kier alpha value is -0.860. The first-order valence-corrected chi connectivity index (χ1v) is 9.99. The van der Waals surface area contributed by atoms with E-state index in [1.54, 1.807) is 0 Å². The third-order valence-corrected chi connectivity index (χ3v) is 5.71. The van der Waals surface area contributed by atoms with Crippen molar-refractivity contribution in [3.05, 3.63) is 35.9 Å². The van der Waals surface area contributed by atoms with Gasteiger partial charge in [0.05, 0.1) is 12.1 Å². The fraction of sp³-hybridized carbons (Fsp3) is 0.667. The largest absolute Gasteiger partial charge is 0.388 e. The van der Waals surface area contributed by atoms with Gasteiger partial charge in [-0.25, -0.2) is 0 Å². The quantitative estimate of drug-likeness (QED) is 0.389. The van der Waals surface area contributed by atoms with E-state index in [0.29, 0.717) is 44.4 Å². The van der Waals surface area contributed by atoms with Crippen LogP contribution < -0.4 is 5.32 Å². The Morgan fingerprint density at radius 1 is 1.30 bits per heavy atom. The average Bonchev–Trinajstić information content (AvgIpc) is 2.66. The Labute approximate surface area is 180 Å². The Bertz CT molecular complexity index is 590. The number of piperidine rings is 1. The summed E-state index contributed by atoms with van der Waals surface area (Å²) in [4.78, 5) is 7.15. The second-order valence-electron chi connectivity index (χ2n) is 7.74. The third kappa shape index (κ3) is 6.06. The second kappa shape index (κ2) is 10.6. The number of halogens is 1. The van der Waals surface area contributed by atoms with E-state index in [1.807, 2.05) is 0 Å². The maximum atomic E-state index is 10.7. The van der Waals surface area contributed by atoms with Crippen molar-refractivity contribution in [3.63, 3.8) is 0 Å². The Morgan fingerprint density at radius 3 is 2.63 bits per heavy atom. The zero-order valence-corrected chi connectivity index (χ0v) is 18.9. The molecule has 3 rings (SSSR count). The van der Waals surface area contributed by atoms with E-state index in [-0.39, 0.29) is 24.0 Å². The number of likely N-dealkylation sites (tertiary alicyclic amines) is 1. The number of aliphatic imine (C=N–C) groups is 1. The predicted octanol–water partition coefficient (Wildman–Crippen LogP) is 3.24. The van der Waals surface area contributed by atoms with E-state index < -0.39 is 5.60 Å². The van der Waals surface area contributed by atoms with Crippen LogP contribution in [0.4, 0.5) is 0 Å². The lowest BCUT2D eigenvalue weighted by Gasteiger charge is -2.39. The number of benzene rings is 1. The standard InChI is InChI=1S/C21H33N3O2.HI/c1-3-22-20(23-16-21(25)10-13-26-14-11-21)24-12-9-19(17(2)15-24)18-7-5-4-6-8-18;/h4-8,17,19,25H,3,9-16H2,1-2H3,(H,22,23);1H. The van der Waals surface area contributed by atoms with Gasteiger partial charge in [-0.05, 0) is 30.7 Å². The van der Waals surface area contributed by atoms with Crippen molar-refractivity contribution in [2.75, 3.05) is 39.4 Å². The lowest BCUT2D eigenvalue weighted by molar-refractivity contribution is -0.0567. The van der Waals surface area contributed by atoms with Crippen LogP contribution in [-0.2, 0) is 4.74 Å². The molecule has 0 aromatic heterocycles. The van der Waals surface area contributed by atoms with E-state index in [0.717, 1.165) is 32.0 Å². The van der Waals surface area contributed by atoms with E-state index in [4.69, 9.17) is 9.73 Å². The van der Waals surface area contributed by atoms with E-state index in [2.05, 4.69) is 54.4 Å². The van der Waals surface area contributed by atoms with Crippen molar-refractivity contribution >= 4 is 29.9 Å². The van der Waals surface area contributed by atoms with Crippen LogP contribution >= 0.6 is 24.0 Å². The molecule has 2 aliphatic heterocycles. The SMILES string of the molecule is CCNC(=NCC1(O)CCOCC1)N1CCC(c2ccccc2)C(C)C1.I. The first-order chi connectivity index (χ1) is 12.6. The predicted molar refractivity (Wildman–Crippen MR) is 121 cm³/mol. The van der Waals surface area contributed by atoms with Crippen LogP contribution in [0, 0.1) is 5.92 Å². The molecule has 152 valence electrons. The molecular weight excluding hydrogens is 453 g/mol. The van der Waals surface area contributed by atoms with Gasteiger partial charge in [-0.3, -0.25) is 4.99 Å². The van der Waals surface area contributed by atoms with Crippen LogP contribution in [0.1, 0.15) is 44.6 Å². The number of nitrogens with one attached hydrogen (secondary N) is 1. The zero-order chi connectivity index (χ0) is 18.4. The Morgan fingerprint density at radius 2 is 2.00 bits per heavy atom. The minimum absolute atomic E-state index is 0. The van der Waals surface area contributed by atoms with Gasteiger partial charge in [-0.2, -0.15) is 0 Å². The summed E-state index contributed by atoms with van der Waals surface area (Å²) in [7, 11) is 0. The fourth-order valence-electron chi connectivity index (χ4n) is 4.09. The van der Waals surface area contributed by atoms with Gasteiger partial charge in [-0.15, -0.1) is 24.0 Å². The monoisotopic (exact) mass is 487 g/mol. The summed E-state index contributed by atoms with van der Waals surface area (Å²) in [6, 6.07) is 10.8. The molecular formula is C21H34IN3O2. The highest BCUT2D eigenvalue weighted by atomic mass is 127. The summed E-state index contributed by atoms with van der Waals surface area (Å²) in [6.07, 6.45) is 2.47. The van der Waals surface area contributed by atoms with Crippen molar-refractivity contribution in [1.29, 1.82) is 0 Å². The lowest BCUT2D eigenvalue weighted by Crippen LogP contribution is -2.49. The molecule has 2 atom stereocenters. The molecule has 0 spiro atoms. The summed E-state index contributed by atoms with van der Waals surface area (Å²) in [5, 5.41) is 14.1. The van der Waals surface area contributed by atoms with Crippen LogP contribution in [0.25, 0.3) is 0 Å². The van der Waals surface area contributed by atoms with Gasteiger partial charge < -0.3 is 20.1 Å². The normalized spacial score (nSPS) is 25.6. The van der Waals surface area contributed by atoms with Gasteiger partial charge in [0.25, 0.3) is 0 Å². The number of guanidine groups is 1. The number of hydrogen-bond acceptors (Lipinski definition) is 3. The van der Waals surface area contributed by atoms with Gasteiger partial charge >= 0.3 is 0 Å². The van der Waals surface area contributed by atoms with Crippen molar-refractivity contribution in [2.24, 2.45) is 10.9 Å². The van der Waals surface area contributed by atoms with Crippen LogP contribution in [0.2, 0.25) is 0 Å². The minimum Gasteiger partial charge on any atom is -0.388 e. The van der Waals surface area contributed by atoms with Gasteiger partial charge in [-0.1, -0.05) is 37.3 Å². The number of aliphatic hydroxyl groups is 1. The molecule has 6 heteroatoms. The van der Waals surface area contributed by atoms with Crippen LogP contribution in [-0.4, -0.2) is 61.0 Å². The van der Waals surface area contributed by atoms with Gasteiger partial charge in [0.1, 0.15) is 0 Å². The highest BCUT2D eigenvalue weighted by Crippen LogP contribution is 2.32.